The molecule has 0 amide bonds. The minimum absolute atomic E-state index is 0. The van der Waals surface area contributed by atoms with Crippen molar-refractivity contribution in [2.24, 2.45) is 4.99 Å². The lowest BCUT2D eigenvalue weighted by molar-refractivity contribution is 0.353. The van der Waals surface area contributed by atoms with E-state index in [0.717, 1.165) is 24.0 Å². The molecule has 0 bridgehead atoms. The number of rotatable bonds is 7. The zero-order valence-corrected chi connectivity index (χ0v) is 21.4. The van der Waals surface area contributed by atoms with Gasteiger partial charge in [0.05, 0.1) is 16.8 Å². The molecule has 0 unspecified atom stereocenters. The molecule has 30 heavy (non-hydrogen) atoms. The van der Waals surface area contributed by atoms with Gasteiger partial charge < -0.3 is 14.6 Å². The number of benzene rings is 1. The Kier molecular flexibility index (Phi) is 9.55. The summed E-state index contributed by atoms with van der Waals surface area (Å²) in [6.07, 6.45) is 2.38. The van der Waals surface area contributed by atoms with Crippen molar-refractivity contribution >= 4 is 51.5 Å². The monoisotopic (exact) mass is 563 g/mol. The summed E-state index contributed by atoms with van der Waals surface area (Å²) in [7, 11) is -3.09. The second-order valence-electron chi connectivity index (χ2n) is 7.62. The van der Waals surface area contributed by atoms with Crippen molar-refractivity contribution in [1.82, 2.24) is 10.2 Å². The van der Waals surface area contributed by atoms with E-state index in [-0.39, 0.29) is 29.7 Å². The quantitative estimate of drug-likeness (QED) is 0.182. The Bertz CT molecular complexity index is 901. The number of halogens is 1. The minimum atomic E-state index is -3.09. The van der Waals surface area contributed by atoms with Crippen LogP contribution in [0.25, 0.3) is 0 Å². The predicted octanol–water partition coefficient (Wildman–Crippen LogP) is 3.69. The van der Waals surface area contributed by atoms with Crippen molar-refractivity contribution in [3.05, 3.63) is 54.5 Å². The van der Waals surface area contributed by atoms with Gasteiger partial charge in [-0.25, -0.2) is 8.42 Å². The molecule has 3 rings (SSSR count). The van der Waals surface area contributed by atoms with Crippen LogP contribution in [0, 0.1) is 0 Å². The largest absolute Gasteiger partial charge is 0.469 e. The van der Waals surface area contributed by atoms with E-state index in [1.54, 1.807) is 31.9 Å². The van der Waals surface area contributed by atoms with Crippen molar-refractivity contribution in [1.29, 1.82) is 0 Å². The first-order chi connectivity index (χ1) is 13.9. The maximum absolute atomic E-state index is 12.4. The van der Waals surface area contributed by atoms with Gasteiger partial charge in [0.25, 0.3) is 0 Å². The van der Waals surface area contributed by atoms with Crippen LogP contribution in [0.15, 0.2) is 63.0 Å². The second kappa shape index (κ2) is 11.4. The molecule has 0 aliphatic carbocycles. The molecule has 166 valence electrons. The molecular formula is C21H30IN3O3S2. The van der Waals surface area contributed by atoms with Crippen LogP contribution in [0.3, 0.4) is 0 Å². The SMILES string of the molecule is CC1(C)CN(C(=NCCc2ccco2)NCCSc2ccccc2)CCS1(=O)=O.I. The van der Waals surface area contributed by atoms with Gasteiger partial charge in [0.15, 0.2) is 15.8 Å². The fraction of sp³-hybridized carbons (Fsp3) is 0.476. The molecule has 9 heteroatoms. The lowest BCUT2D eigenvalue weighted by Gasteiger charge is -2.39. The number of hydrogen-bond acceptors (Lipinski definition) is 5. The molecule has 2 aromatic rings. The average molecular weight is 564 g/mol. The topological polar surface area (TPSA) is 74.9 Å². The Morgan fingerprint density at radius 1 is 1.23 bits per heavy atom. The van der Waals surface area contributed by atoms with Crippen molar-refractivity contribution in [2.45, 2.75) is 29.9 Å². The fourth-order valence-corrected chi connectivity index (χ4v) is 5.32. The molecule has 1 aliphatic rings. The van der Waals surface area contributed by atoms with Crippen LogP contribution in [0.1, 0.15) is 19.6 Å². The maximum atomic E-state index is 12.4. The second-order valence-corrected chi connectivity index (χ2v) is 11.5. The van der Waals surface area contributed by atoms with Gasteiger partial charge in [0, 0.05) is 43.2 Å². The van der Waals surface area contributed by atoms with Crippen molar-refractivity contribution in [3.8, 4) is 0 Å². The highest BCUT2D eigenvalue weighted by Crippen LogP contribution is 2.24. The van der Waals surface area contributed by atoms with E-state index in [0.29, 0.717) is 26.1 Å². The van der Waals surface area contributed by atoms with Gasteiger partial charge in [-0.05, 0) is 38.1 Å². The third-order valence-corrected chi connectivity index (χ3v) is 8.49. The number of nitrogens with one attached hydrogen (secondary N) is 1. The van der Waals surface area contributed by atoms with E-state index in [2.05, 4.69) is 22.3 Å². The molecule has 0 radical (unpaired) electrons. The summed E-state index contributed by atoms with van der Waals surface area (Å²) in [5, 5.41) is 3.43. The normalized spacial score (nSPS) is 17.9. The molecule has 1 saturated heterocycles. The summed E-state index contributed by atoms with van der Waals surface area (Å²) in [5.74, 6) is 2.72. The van der Waals surface area contributed by atoms with Gasteiger partial charge in [-0.15, -0.1) is 35.7 Å². The first-order valence-corrected chi connectivity index (χ1v) is 12.5. The van der Waals surface area contributed by atoms with Crippen LogP contribution in [-0.4, -0.2) is 61.7 Å². The molecule has 1 N–H and O–H groups in total. The van der Waals surface area contributed by atoms with E-state index in [1.165, 1.54) is 4.90 Å². The average Bonchev–Trinajstić information content (AvgIpc) is 3.20. The molecule has 1 fully saturated rings. The molecule has 6 nitrogen and oxygen atoms in total. The summed E-state index contributed by atoms with van der Waals surface area (Å²) >= 11 is 1.78. The van der Waals surface area contributed by atoms with Gasteiger partial charge in [-0.3, -0.25) is 4.99 Å². The van der Waals surface area contributed by atoms with E-state index >= 15 is 0 Å². The maximum Gasteiger partial charge on any atom is 0.194 e. The van der Waals surface area contributed by atoms with Crippen LogP contribution in [-0.2, 0) is 16.3 Å². The van der Waals surface area contributed by atoms with Crippen LogP contribution in [0.5, 0.6) is 0 Å². The zero-order chi connectivity index (χ0) is 20.7. The Hall–Kier alpha value is -1.20. The van der Waals surface area contributed by atoms with Gasteiger partial charge >= 0.3 is 0 Å². The van der Waals surface area contributed by atoms with Crippen LogP contribution in [0.2, 0.25) is 0 Å². The molecule has 1 aliphatic heterocycles. The molecule has 1 aromatic heterocycles. The van der Waals surface area contributed by atoms with Gasteiger partial charge in [0.2, 0.25) is 0 Å². The van der Waals surface area contributed by atoms with Gasteiger partial charge in [-0.1, -0.05) is 18.2 Å². The summed E-state index contributed by atoms with van der Waals surface area (Å²) in [6.45, 7) is 5.83. The van der Waals surface area contributed by atoms with E-state index < -0.39 is 14.6 Å². The standard InChI is InChI=1S/C21H29N3O3S2.HI/c1-21(2)17-24(13-16-29(21,25)26)20(22-11-10-18-7-6-14-27-18)23-12-15-28-19-8-4-3-5-9-19;/h3-9,14H,10-13,15-17H2,1-2H3,(H,22,23);1H. The Morgan fingerprint density at radius 3 is 2.67 bits per heavy atom. The highest BCUT2D eigenvalue weighted by Gasteiger charge is 2.40. The van der Waals surface area contributed by atoms with Crippen molar-refractivity contribution < 1.29 is 12.8 Å². The number of sulfone groups is 1. The lowest BCUT2D eigenvalue weighted by atomic mass is 10.2. The summed E-state index contributed by atoms with van der Waals surface area (Å²) in [5.41, 5.74) is 0. The predicted molar refractivity (Wildman–Crippen MR) is 135 cm³/mol. The first kappa shape index (κ1) is 25.1. The molecular weight excluding hydrogens is 533 g/mol. The highest BCUT2D eigenvalue weighted by molar-refractivity contribution is 14.0. The van der Waals surface area contributed by atoms with E-state index in [9.17, 15) is 8.42 Å². The van der Waals surface area contributed by atoms with Gasteiger partial charge in [0.1, 0.15) is 5.76 Å². The number of hydrogen-bond donors (Lipinski definition) is 1. The molecule has 2 heterocycles. The number of furan rings is 1. The summed E-state index contributed by atoms with van der Waals surface area (Å²) in [6, 6.07) is 14.1. The summed E-state index contributed by atoms with van der Waals surface area (Å²) in [4.78, 5) is 8.05. The minimum Gasteiger partial charge on any atom is -0.469 e. The Labute approximate surface area is 200 Å². The van der Waals surface area contributed by atoms with Crippen LogP contribution in [0.4, 0.5) is 0 Å². The summed E-state index contributed by atoms with van der Waals surface area (Å²) < 4.78 is 29.3. The van der Waals surface area contributed by atoms with E-state index in [4.69, 9.17) is 9.41 Å². The van der Waals surface area contributed by atoms with Crippen LogP contribution < -0.4 is 5.32 Å². The lowest BCUT2D eigenvalue weighted by Crippen LogP contribution is -2.57. The zero-order valence-electron chi connectivity index (χ0n) is 17.4. The van der Waals surface area contributed by atoms with Crippen LogP contribution >= 0.6 is 35.7 Å². The Balaban J connectivity index is 0.00000320. The smallest absolute Gasteiger partial charge is 0.194 e. The third-order valence-electron chi connectivity index (χ3n) is 4.94. The number of aliphatic imine (C=N–C) groups is 1. The number of guanidine groups is 1. The number of nitrogens with zero attached hydrogens (tertiary/aromatic N) is 2. The molecule has 1 aromatic carbocycles. The molecule has 0 saturated carbocycles. The van der Waals surface area contributed by atoms with Crippen molar-refractivity contribution in [2.75, 3.05) is 37.7 Å². The van der Waals surface area contributed by atoms with Crippen molar-refractivity contribution in [3.63, 3.8) is 0 Å². The van der Waals surface area contributed by atoms with Gasteiger partial charge in [-0.2, -0.15) is 0 Å². The Morgan fingerprint density at radius 2 is 2.00 bits per heavy atom. The first-order valence-electron chi connectivity index (χ1n) is 9.83. The molecule has 0 atom stereocenters. The third kappa shape index (κ3) is 6.91. The fourth-order valence-electron chi connectivity index (χ4n) is 3.17. The highest BCUT2D eigenvalue weighted by atomic mass is 127. The van der Waals surface area contributed by atoms with E-state index in [1.807, 2.05) is 30.3 Å². The number of thioether (sulfide) groups is 1. The molecule has 0 spiro atoms.